The number of benzene rings is 1. The molecule has 0 heterocycles. The van der Waals surface area contributed by atoms with Crippen LogP contribution >= 0.6 is 27.5 Å². The maximum Gasteiger partial charge on any atom is 0.253 e. The Labute approximate surface area is 107 Å². The first kappa shape index (κ1) is 11.9. The van der Waals surface area contributed by atoms with Gasteiger partial charge < -0.3 is 10.4 Å². The number of hydrogen-bond acceptors (Lipinski definition) is 2. The van der Waals surface area contributed by atoms with Gasteiger partial charge in [-0.3, -0.25) is 4.79 Å². The van der Waals surface area contributed by atoms with Crippen molar-refractivity contribution < 1.29 is 9.90 Å². The van der Waals surface area contributed by atoms with Crippen LogP contribution in [0.2, 0.25) is 5.02 Å². The molecule has 0 radical (unpaired) electrons. The standard InChI is InChI=1S/C11H11BrClNO2/c12-6-1-2-9(10(13)3-6)11(16)14-7-4-8(15)5-7/h1-3,7-8,15H,4-5H2,(H,14,16). The van der Waals surface area contributed by atoms with Crippen LogP contribution in [0.15, 0.2) is 22.7 Å². The summed E-state index contributed by atoms with van der Waals surface area (Å²) in [5.74, 6) is -0.186. The zero-order chi connectivity index (χ0) is 11.7. The van der Waals surface area contributed by atoms with Crippen LogP contribution < -0.4 is 5.32 Å². The van der Waals surface area contributed by atoms with Crippen LogP contribution in [0.5, 0.6) is 0 Å². The Morgan fingerprint density at radius 1 is 1.50 bits per heavy atom. The molecule has 1 aromatic rings. The average molecular weight is 305 g/mol. The Morgan fingerprint density at radius 2 is 2.19 bits per heavy atom. The SMILES string of the molecule is O=C(NC1CC(O)C1)c1ccc(Br)cc1Cl. The lowest BCUT2D eigenvalue weighted by Crippen LogP contribution is -2.46. The van der Waals surface area contributed by atoms with Gasteiger partial charge in [-0.2, -0.15) is 0 Å². The molecule has 0 aromatic heterocycles. The number of amides is 1. The summed E-state index contributed by atoms with van der Waals surface area (Å²) in [6, 6.07) is 5.21. The van der Waals surface area contributed by atoms with Gasteiger partial charge in [0.25, 0.3) is 5.91 Å². The Hall–Kier alpha value is -0.580. The molecule has 0 saturated heterocycles. The second kappa shape index (κ2) is 4.73. The molecule has 3 nitrogen and oxygen atoms in total. The van der Waals surface area contributed by atoms with Gasteiger partial charge in [0.15, 0.2) is 0 Å². The predicted molar refractivity (Wildman–Crippen MR) is 65.6 cm³/mol. The van der Waals surface area contributed by atoms with E-state index >= 15 is 0 Å². The number of rotatable bonds is 2. The van der Waals surface area contributed by atoms with E-state index in [1.165, 1.54) is 0 Å². The molecule has 1 aliphatic rings. The zero-order valence-corrected chi connectivity index (χ0v) is 10.8. The van der Waals surface area contributed by atoms with Gasteiger partial charge in [0.05, 0.1) is 16.7 Å². The van der Waals surface area contributed by atoms with Crippen LogP contribution in [0.3, 0.4) is 0 Å². The first-order chi connectivity index (χ1) is 7.56. The number of aliphatic hydroxyl groups is 1. The predicted octanol–water partition coefficient (Wildman–Crippen LogP) is 2.36. The molecule has 2 rings (SSSR count). The molecule has 86 valence electrons. The molecule has 16 heavy (non-hydrogen) atoms. The van der Waals surface area contributed by atoms with Crippen molar-refractivity contribution in [3.63, 3.8) is 0 Å². The number of halogens is 2. The van der Waals surface area contributed by atoms with Crippen LogP contribution in [0.1, 0.15) is 23.2 Å². The molecule has 1 fully saturated rings. The number of carbonyl (C=O) groups excluding carboxylic acids is 1. The highest BCUT2D eigenvalue weighted by atomic mass is 79.9. The lowest BCUT2D eigenvalue weighted by Gasteiger charge is -2.32. The minimum Gasteiger partial charge on any atom is -0.393 e. The minimum atomic E-state index is -0.273. The van der Waals surface area contributed by atoms with E-state index in [0.29, 0.717) is 23.4 Å². The van der Waals surface area contributed by atoms with Crippen molar-refractivity contribution in [3.05, 3.63) is 33.3 Å². The van der Waals surface area contributed by atoms with E-state index in [1.54, 1.807) is 18.2 Å². The van der Waals surface area contributed by atoms with Crippen LogP contribution in [-0.2, 0) is 0 Å². The van der Waals surface area contributed by atoms with Crippen molar-refractivity contribution >= 4 is 33.4 Å². The average Bonchev–Trinajstić information content (AvgIpc) is 2.15. The van der Waals surface area contributed by atoms with E-state index in [0.717, 1.165) is 4.47 Å². The van der Waals surface area contributed by atoms with Gasteiger partial charge in [0.1, 0.15) is 0 Å². The number of carbonyl (C=O) groups is 1. The molecule has 0 aliphatic heterocycles. The van der Waals surface area contributed by atoms with Crippen molar-refractivity contribution in [1.82, 2.24) is 5.32 Å². The summed E-state index contributed by atoms with van der Waals surface area (Å²) in [4.78, 5) is 11.8. The van der Waals surface area contributed by atoms with Gasteiger partial charge in [-0.05, 0) is 31.0 Å². The molecule has 1 aromatic carbocycles. The number of aliphatic hydroxyl groups excluding tert-OH is 1. The lowest BCUT2D eigenvalue weighted by atomic mass is 9.89. The van der Waals surface area contributed by atoms with Crippen LogP contribution in [0.25, 0.3) is 0 Å². The summed E-state index contributed by atoms with van der Waals surface area (Å²) in [6.07, 6.45) is 0.977. The van der Waals surface area contributed by atoms with E-state index in [-0.39, 0.29) is 18.1 Å². The zero-order valence-electron chi connectivity index (χ0n) is 8.41. The van der Waals surface area contributed by atoms with Crippen molar-refractivity contribution in [3.8, 4) is 0 Å². The van der Waals surface area contributed by atoms with Gasteiger partial charge in [-0.25, -0.2) is 0 Å². The molecule has 0 bridgehead atoms. The van der Waals surface area contributed by atoms with Gasteiger partial charge in [0, 0.05) is 10.5 Å². The van der Waals surface area contributed by atoms with Gasteiger partial charge >= 0.3 is 0 Å². The number of nitrogens with one attached hydrogen (secondary N) is 1. The molecule has 0 unspecified atom stereocenters. The van der Waals surface area contributed by atoms with Crippen LogP contribution in [0, 0.1) is 0 Å². The molecule has 5 heteroatoms. The highest BCUT2D eigenvalue weighted by Crippen LogP contribution is 2.23. The molecule has 1 amide bonds. The second-order valence-corrected chi connectivity index (χ2v) is 5.24. The summed E-state index contributed by atoms with van der Waals surface area (Å²) in [5, 5.41) is 12.4. The van der Waals surface area contributed by atoms with E-state index in [9.17, 15) is 4.79 Å². The van der Waals surface area contributed by atoms with E-state index < -0.39 is 0 Å². The maximum atomic E-state index is 11.8. The minimum absolute atomic E-state index is 0.0715. The van der Waals surface area contributed by atoms with Gasteiger partial charge in [-0.1, -0.05) is 27.5 Å². The summed E-state index contributed by atoms with van der Waals surface area (Å²) in [7, 11) is 0. The Kier molecular flexibility index (Phi) is 3.52. The van der Waals surface area contributed by atoms with Crippen LogP contribution in [-0.4, -0.2) is 23.2 Å². The largest absolute Gasteiger partial charge is 0.393 e. The monoisotopic (exact) mass is 303 g/mol. The maximum absolute atomic E-state index is 11.8. The summed E-state index contributed by atoms with van der Waals surface area (Å²) in [6.45, 7) is 0. The van der Waals surface area contributed by atoms with E-state index in [1.807, 2.05) is 0 Å². The van der Waals surface area contributed by atoms with Gasteiger partial charge in [-0.15, -0.1) is 0 Å². The molecular weight excluding hydrogens is 293 g/mol. The van der Waals surface area contributed by atoms with Crippen LogP contribution in [0.4, 0.5) is 0 Å². The van der Waals surface area contributed by atoms with Gasteiger partial charge in [0.2, 0.25) is 0 Å². The third-order valence-corrected chi connectivity index (χ3v) is 3.43. The fourth-order valence-corrected chi connectivity index (χ4v) is 2.40. The van der Waals surface area contributed by atoms with E-state index in [4.69, 9.17) is 16.7 Å². The topological polar surface area (TPSA) is 49.3 Å². The normalized spacial score (nSPS) is 23.7. The third-order valence-electron chi connectivity index (χ3n) is 2.62. The highest BCUT2D eigenvalue weighted by Gasteiger charge is 2.28. The van der Waals surface area contributed by atoms with Crippen molar-refractivity contribution in [2.45, 2.75) is 25.0 Å². The summed E-state index contributed by atoms with van der Waals surface area (Å²) < 4.78 is 0.841. The van der Waals surface area contributed by atoms with Crippen molar-refractivity contribution in [1.29, 1.82) is 0 Å². The molecule has 2 N–H and O–H groups in total. The Morgan fingerprint density at radius 3 is 2.75 bits per heavy atom. The fourth-order valence-electron chi connectivity index (χ4n) is 1.64. The quantitative estimate of drug-likeness (QED) is 0.881. The van der Waals surface area contributed by atoms with Crippen molar-refractivity contribution in [2.24, 2.45) is 0 Å². The molecule has 1 aliphatic carbocycles. The first-order valence-corrected chi connectivity index (χ1v) is 6.17. The number of hydrogen-bond donors (Lipinski definition) is 2. The summed E-state index contributed by atoms with van der Waals surface area (Å²) in [5.41, 5.74) is 0.464. The first-order valence-electron chi connectivity index (χ1n) is 5.00. The fraction of sp³-hybridized carbons (Fsp3) is 0.364. The Bertz CT molecular complexity index is 418. The second-order valence-electron chi connectivity index (χ2n) is 3.92. The Balaban J connectivity index is 2.03. The molecule has 0 spiro atoms. The molecule has 1 saturated carbocycles. The molecule has 0 atom stereocenters. The lowest BCUT2D eigenvalue weighted by molar-refractivity contribution is 0.0563. The van der Waals surface area contributed by atoms with E-state index in [2.05, 4.69) is 21.2 Å². The van der Waals surface area contributed by atoms with Crippen molar-refractivity contribution in [2.75, 3.05) is 0 Å². The highest BCUT2D eigenvalue weighted by molar-refractivity contribution is 9.10. The molecular formula is C11H11BrClNO2. The third kappa shape index (κ3) is 2.56. The smallest absolute Gasteiger partial charge is 0.253 e. The summed E-state index contributed by atoms with van der Waals surface area (Å²) >= 11 is 9.24.